The fraction of sp³-hybridized carbons (Fsp3) is 0. The maximum Gasteiger partial charge on any atom is 0.0462 e. The fourth-order valence-electron chi connectivity index (χ4n) is 5.64. The average Bonchev–Trinajstić information content (AvgIpc) is 3.02. The molecule has 7 rings (SSSR count). The number of anilines is 3. The smallest absolute Gasteiger partial charge is 0.0462 e. The molecule has 0 aromatic heterocycles. The lowest BCUT2D eigenvalue weighted by atomic mass is 9.90. The zero-order valence-corrected chi connectivity index (χ0v) is 21.5. The first-order valence-corrected chi connectivity index (χ1v) is 13.4. The minimum Gasteiger partial charge on any atom is -0.311 e. The van der Waals surface area contributed by atoms with E-state index in [0.717, 1.165) is 17.1 Å². The molecular weight excluding hydrogens is 470 g/mol. The number of fused-ring (bicyclic) bond motifs is 2. The van der Waals surface area contributed by atoms with E-state index in [-0.39, 0.29) is 0 Å². The summed E-state index contributed by atoms with van der Waals surface area (Å²) in [5, 5.41) is 5.08. The third kappa shape index (κ3) is 4.24. The zero-order chi connectivity index (χ0) is 26.0. The molecule has 0 unspecified atom stereocenters. The van der Waals surface area contributed by atoms with Crippen molar-refractivity contribution in [3.05, 3.63) is 164 Å². The largest absolute Gasteiger partial charge is 0.311 e. The maximum atomic E-state index is 2.30. The van der Waals surface area contributed by atoms with Crippen molar-refractivity contribution in [2.45, 2.75) is 0 Å². The van der Waals surface area contributed by atoms with Crippen molar-refractivity contribution < 1.29 is 0 Å². The minimum absolute atomic E-state index is 1.13. The van der Waals surface area contributed by atoms with E-state index in [2.05, 4.69) is 169 Å². The van der Waals surface area contributed by atoms with E-state index in [1.54, 1.807) is 0 Å². The molecule has 0 amide bonds. The highest BCUT2D eigenvalue weighted by atomic mass is 15.1. The topological polar surface area (TPSA) is 3.24 Å². The molecular formula is C38H27N. The van der Waals surface area contributed by atoms with E-state index in [1.165, 1.54) is 43.8 Å². The second kappa shape index (κ2) is 9.96. The maximum absolute atomic E-state index is 2.30. The van der Waals surface area contributed by atoms with Crippen molar-refractivity contribution in [3.63, 3.8) is 0 Å². The van der Waals surface area contributed by atoms with Gasteiger partial charge in [-0.05, 0) is 80.2 Å². The van der Waals surface area contributed by atoms with Gasteiger partial charge in [-0.1, -0.05) is 127 Å². The standard InChI is InChI=1S/C38H27N/c1-3-14-30(15-4-1)39(31-16-5-2-6-17-31)32-24-22-29(23-25-32)34-26-27-38(37-20-10-9-19-35(34)37)36-21-11-13-28-12-7-8-18-33(28)36/h1-27H. The molecule has 184 valence electrons. The lowest BCUT2D eigenvalue weighted by molar-refractivity contribution is 1.28. The number of nitrogens with zero attached hydrogens (tertiary/aromatic N) is 1. The highest BCUT2D eigenvalue weighted by Gasteiger charge is 2.14. The Morgan fingerprint density at radius 3 is 1.41 bits per heavy atom. The molecule has 0 aliphatic rings. The number of rotatable bonds is 5. The molecule has 0 aliphatic carbocycles. The van der Waals surface area contributed by atoms with Gasteiger partial charge in [0.05, 0.1) is 0 Å². The molecule has 0 aliphatic heterocycles. The van der Waals surface area contributed by atoms with Gasteiger partial charge in [0.2, 0.25) is 0 Å². The molecule has 1 nitrogen and oxygen atoms in total. The molecule has 0 radical (unpaired) electrons. The third-order valence-corrected chi connectivity index (χ3v) is 7.47. The number of benzene rings is 7. The molecule has 7 aromatic carbocycles. The van der Waals surface area contributed by atoms with Crippen LogP contribution < -0.4 is 4.90 Å². The Hall–Kier alpha value is -5.14. The Bertz CT molecular complexity index is 1840. The van der Waals surface area contributed by atoms with Crippen LogP contribution in [0.1, 0.15) is 0 Å². The summed E-state index contributed by atoms with van der Waals surface area (Å²) in [4.78, 5) is 2.30. The molecule has 7 aromatic rings. The van der Waals surface area contributed by atoms with Crippen LogP contribution in [0.3, 0.4) is 0 Å². The molecule has 0 fully saturated rings. The number of hydrogen-bond donors (Lipinski definition) is 0. The van der Waals surface area contributed by atoms with Gasteiger partial charge in [-0.25, -0.2) is 0 Å². The van der Waals surface area contributed by atoms with Crippen LogP contribution >= 0.6 is 0 Å². The molecule has 0 heterocycles. The Labute approximate surface area is 229 Å². The number of para-hydroxylation sites is 2. The Morgan fingerprint density at radius 1 is 0.282 bits per heavy atom. The van der Waals surface area contributed by atoms with Gasteiger partial charge in [0.15, 0.2) is 0 Å². The molecule has 0 atom stereocenters. The Kier molecular flexibility index (Phi) is 5.88. The highest BCUT2D eigenvalue weighted by Crippen LogP contribution is 2.40. The van der Waals surface area contributed by atoms with Gasteiger partial charge < -0.3 is 4.90 Å². The summed E-state index contributed by atoms with van der Waals surface area (Å²) in [5.74, 6) is 0. The second-order valence-corrected chi connectivity index (χ2v) is 9.79. The van der Waals surface area contributed by atoms with Gasteiger partial charge in [-0.3, -0.25) is 0 Å². The third-order valence-electron chi connectivity index (χ3n) is 7.47. The van der Waals surface area contributed by atoms with Crippen LogP contribution in [0.4, 0.5) is 17.1 Å². The molecule has 0 spiro atoms. The molecule has 1 heteroatoms. The lowest BCUT2D eigenvalue weighted by Gasteiger charge is -2.25. The summed E-state index contributed by atoms with van der Waals surface area (Å²) in [5.41, 5.74) is 8.40. The van der Waals surface area contributed by atoms with Gasteiger partial charge in [0.25, 0.3) is 0 Å². The summed E-state index contributed by atoms with van der Waals surface area (Å²) < 4.78 is 0. The van der Waals surface area contributed by atoms with Gasteiger partial charge >= 0.3 is 0 Å². The van der Waals surface area contributed by atoms with Crippen LogP contribution in [0.2, 0.25) is 0 Å². The van der Waals surface area contributed by atoms with E-state index < -0.39 is 0 Å². The van der Waals surface area contributed by atoms with Crippen molar-refractivity contribution in [1.29, 1.82) is 0 Å². The first-order valence-electron chi connectivity index (χ1n) is 13.4. The van der Waals surface area contributed by atoms with Crippen molar-refractivity contribution in [1.82, 2.24) is 0 Å². The first kappa shape index (κ1) is 23.0. The summed E-state index contributed by atoms with van der Waals surface area (Å²) in [7, 11) is 0. The van der Waals surface area contributed by atoms with Crippen LogP contribution in [0.25, 0.3) is 43.8 Å². The first-order chi connectivity index (χ1) is 19.4. The lowest BCUT2D eigenvalue weighted by Crippen LogP contribution is -2.09. The van der Waals surface area contributed by atoms with Gasteiger partial charge in [-0.15, -0.1) is 0 Å². The predicted molar refractivity (Wildman–Crippen MR) is 167 cm³/mol. The van der Waals surface area contributed by atoms with Gasteiger partial charge in [0, 0.05) is 17.1 Å². The Morgan fingerprint density at radius 2 is 0.744 bits per heavy atom. The molecule has 0 bridgehead atoms. The normalized spacial score (nSPS) is 11.1. The zero-order valence-electron chi connectivity index (χ0n) is 21.5. The van der Waals surface area contributed by atoms with Gasteiger partial charge in [-0.2, -0.15) is 0 Å². The van der Waals surface area contributed by atoms with E-state index in [4.69, 9.17) is 0 Å². The summed E-state index contributed by atoms with van der Waals surface area (Å²) in [6.45, 7) is 0. The van der Waals surface area contributed by atoms with Crippen LogP contribution in [0.5, 0.6) is 0 Å². The van der Waals surface area contributed by atoms with E-state index >= 15 is 0 Å². The Balaban J connectivity index is 1.33. The quantitative estimate of drug-likeness (QED) is 0.229. The molecule has 0 saturated heterocycles. The van der Waals surface area contributed by atoms with Gasteiger partial charge in [0.1, 0.15) is 0 Å². The summed E-state index contributed by atoms with van der Waals surface area (Å²) >= 11 is 0. The van der Waals surface area contributed by atoms with E-state index in [0.29, 0.717) is 0 Å². The van der Waals surface area contributed by atoms with E-state index in [1.807, 2.05) is 0 Å². The highest BCUT2D eigenvalue weighted by molar-refractivity contribution is 6.09. The average molecular weight is 498 g/mol. The van der Waals surface area contributed by atoms with Crippen molar-refractivity contribution in [2.75, 3.05) is 4.90 Å². The number of hydrogen-bond acceptors (Lipinski definition) is 1. The van der Waals surface area contributed by atoms with Crippen LogP contribution in [0, 0.1) is 0 Å². The van der Waals surface area contributed by atoms with Crippen LogP contribution in [0.15, 0.2) is 164 Å². The molecule has 0 saturated carbocycles. The summed E-state index contributed by atoms with van der Waals surface area (Å²) in [6, 6.07) is 58.6. The van der Waals surface area contributed by atoms with E-state index in [9.17, 15) is 0 Å². The SMILES string of the molecule is c1ccc(N(c2ccccc2)c2ccc(-c3ccc(-c4cccc5ccccc45)c4ccccc34)cc2)cc1. The minimum atomic E-state index is 1.13. The van der Waals surface area contributed by atoms with Crippen molar-refractivity contribution in [3.8, 4) is 22.3 Å². The predicted octanol–water partition coefficient (Wildman–Crippen LogP) is 10.8. The van der Waals surface area contributed by atoms with Crippen molar-refractivity contribution in [2.24, 2.45) is 0 Å². The van der Waals surface area contributed by atoms with Crippen LogP contribution in [-0.4, -0.2) is 0 Å². The van der Waals surface area contributed by atoms with Crippen molar-refractivity contribution >= 4 is 38.6 Å². The molecule has 39 heavy (non-hydrogen) atoms. The van der Waals surface area contributed by atoms with Crippen LogP contribution in [-0.2, 0) is 0 Å². The fourth-order valence-corrected chi connectivity index (χ4v) is 5.64. The summed E-state index contributed by atoms with van der Waals surface area (Å²) in [6.07, 6.45) is 0. The second-order valence-electron chi connectivity index (χ2n) is 9.79. The molecule has 0 N–H and O–H groups in total. The monoisotopic (exact) mass is 497 g/mol.